The largest absolute Gasteiger partial charge is 0.395 e. The number of benzene rings is 1. The first-order valence-corrected chi connectivity index (χ1v) is 3.95. The van der Waals surface area contributed by atoms with E-state index < -0.39 is 0 Å². The first-order valence-electron chi connectivity index (χ1n) is 3.95. The van der Waals surface area contributed by atoms with Crippen molar-refractivity contribution < 1.29 is 5.11 Å². The molecule has 11 heavy (non-hydrogen) atoms. The SMILES string of the molecule is OCC1(c2[c]cccc2)CC1. The van der Waals surface area contributed by atoms with Gasteiger partial charge in [0.2, 0.25) is 0 Å². The molecule has 0 aliphatic heterocycles. The molecule has 0 aromatic heterocycles. The van der Waals surface area contributed by atoms with Crippen LogP contribution in [-0.2, 0) is 5.41 Å². The summed E-state index contributed by atoms with van der Waals surface area (Å²) in [5, 5.41) is 9.09. The first-order chi connectivity index (χ1) is 5.37. The molecule has 0 spiro atoms. The second-order valence-electron chi connectivity index (χ2n) is 3.21. The van der Waals surface area contributed by atoms with Crippen LogP contribution in [-0.4, -0.2) is 11.7 Å². The fourth-order valence-electron chi connectivity index (χ4n) is 1.39. The van der Waals surface area contributed by atoms with Crippen molar-refractivity contribution in [3.63, 3.8) is 0 Å². The van der Waals surface area contributed by atoms with E-state index in [0.717, 1.165) is 12.8 Å². The number of hydrogen-bond donors (Lipinski definition) is 1. The van der Waals surface area contributed by atoms with Gasteiger partial charge in [0, 0.05) is 5.41 Å². The number of aliphatic hydroxyl groups is 1. The van der Waals surface area contributed by atoms with Crippen LogP contribution in [0.2, 0.25) is 0 Å². The van der Waals surface area contributed by atoms with Crippen LogP contribution in [0.3, 0.4) is 0 Å². The summed E-state index contributed by atoms with van der Waals surface area (Å²) in [6.45, 7) is 0.271. The predicted molar refractivity (Wildman–Crippen MR) is 43.3 cm³/mol. The molecular weight excluding hydrogens is 136 g/mol. The summed E-state index contributed by atoms with van der Waals surface area (Å²) >= 11 is 0. The number of aliphatic hydroxyl groups excluding tert-OH is 1. The fourth-order valence-corrected chi connectivity index (χ4v) is 1.39. The van der Waals surface area contributed by atoms with Gasteiger partial charge in [-0.3, -0.25) is 0 Å². The zero-order valence-electron chi connectivity index (χ0n) is 6.38. The van der Waals surface area contributed by atoms with E-state index in [1.54, 1.807) is 0 Å². The van der Waals surface area contributed by atoms with E-state index in [-0.39, 0.29) is 12.0 Å². The van der Waals surface area contributed by atoms with Crippen LogP contribution in [0.4, 0.5) is 0 Å². The zero-order valence-corrected chi connectivity index (χ0v) is 6.38. The molecule has 1 aliphatic rings. The van der Waals surface area contributed by atoms with Gasteiger partial charge in [-0.25, -0.2) is 0 Å². The van der Waals surface area contributed by atoms with E-state index in [9.17, 15) is 0 Å². The molecule has 2 rings (SSSR count). The fraction of sp³-hybridized carbons (Fsp3) is 0.400. The van der Waals surface area contributed by atoms with Crippen molar-refractivity contribution in [2.45, 2.75) is 18.3 Å². The van der Waals surface area contributed by atoms with Gasteiger partial charge in [-0.15, -0.1) is 0 Å². The summed E-state index contributed by atoms with van der Waals surface area (Å²) in [5.41, 5.74) is 1.25. The summed E-state index contributed by atoms with van der Waals surface area (Å²) in [7, 11) is 0. The van der Waals surface area contributed by atoms with Gasteiger partial charge in [0.25, 0.3) is 0 Å². The lowest BCUT2D eigenvalue weighted by molar-refractivity contribution is 0.255. The van der Waals surface area contributed by atoms with Gasteiger partial charge < -0.3 is 5.11 Å². The van der Waals surface area contributed by atoms with Crippen LogP contribution < -0.4 is 0 Å². The highest BCUT2D eigenvalue weighted by Gasteiger charge is 2.43. The molecule has 1 radical (unpaired) electrons. The molecule has 0 heterocycles. The average molecular weight is 147 g/mol. The predicted octanol–water partition coefficient (Wildman–Crippen LogP) is 1.51. The van der Waals surface area contributed by atoms with E-state index in [2.05, 4.69) is 6.07 Å². The van der Waals surface area contributed by atoms with Crippen LogP contribution in [0.1, 0.15) is 18.4 Å². The highest BCUT2D eigenvalue weighted by atomic mass is 16.3. The Hall–Kier alpha value is -0.820. The van der Waals surface area contributed by atoms with E-state index >= 15 is 0 Å². The van der Waals surface area contributed by atoms with Crippen molar-refractivity contribution in [2.75, 3.05) is 6.61 Å². The van der Waals surface area contributed by atoms with Crippen molar-refractivity contribution in [2.24, 2.45) is 0 Å². The number of rotatable bonds is 2. The molecule has 1 N–H and O–H groups in total. The van der Waals surface area contributed by atoms with Crippen LogP contribution in [0.5, 0.6) is 0 Å². The Morgan fingerprint density at radius 3 is 2.73 bits per heavy atom. The Kier molecular flexibility index (Phi) is 1.46. The molecule has 1 nitrogen and oxygen atoms in total. The van der Waals surface area contributed by atoms with Crippen LogP contribution in [0.25, 0.3) is 0 Å². The van der Waals surface area contributed by atoms with Crippen LogP contribution in [0, 0.1) is 6.07 Å². The molecule has 1 aromatic rings. The minimum absolute atomic E-state index is 0.0846. The topological polar surface area (TPSA) is 20.2 Å². The van der Waals surface area contributed by atoms with Gasteiger partial charge in [-0.05, 0) is 24.5 Å². The van der Waals surface area contributed by atoms with E-state index in [4.69, 9.17) is 5.11 Å². The third-order valence-electron chi connectivity index (χ3n) is 2.44. The molecule has 0 saturated heterocycles. The summed E-state index contributed by atoms with van der Waals surface area (Å²) in [5.74, 6) is 0. The Morgan fingerprint density at radius 2 is 2.27 bits per heavy atom. The normalized spacial score (nSPS) is 19.7. The summed E-state index contributed by atoms with van der Waals surface area (Å²) < 4.78 is 0. The monoisotopic (exact) mass is 147 g/mol. The number of hydrogen-bond acceptors (Lipinski definition) is 1. The highest BCUT2D eigenvalue weighted by molar-refractivity contribution is 5.29. The molecule has 57 valence electrons. The van der Waals surface area contributed by atoms with Gasteiger partial charge in [0.05, 0.1) is 6.61 Å². The summed E-state index contributed by atoms with van der Waals surface area (Å²) in [4.78, 5) is 0. The molecule has 0 atom stereocenters. The lowest BCUT2D eigenvalue weighted by Crippen LogP contribution is -2.11. The maximum absolute atomic E-state index is 9.09. The Balaban J connectivity index is 2.30. The van der Waals surface area contributed by atoms with Crippen molar-refractivity contribution in [3.05, 3.63) is 35.9 Å². The smallest absolute Gasteiger partial charge is 0.0528 e. The summed E-state index contributed by atoms with van der Waals surface area (Å²) in [6.07, 6.45) is 2.23. The van der Waals surface area contributed by atoms with Gasteiger partial charge in [0.1, 0.15) is 0 Å². The lowest BCUT2D eigenvalue weighted by Gasteiger charge is -2.09. The molecular formula is C10H11O. The molecule has 0 unspecified atom stereocenters. The molecule has 1 saturated carbocycles. The first kappa shape index (κ1) is 6.86. The zero-order chi connectivity index (χ0) is 7.73. The third-order valence-corrected chi connectivity index (χ3v) is 2.44. The molecule has 0 bridgehead atoms. The average Bonchev–Trinajstić information content (AvgIpc) is 2.86. The molecule has 1 aliphatic carbocycles. The standard InChI is InChI=1S/C10H11O/c11-8-10(6-7-10)9-4-2-1-3-5-9/h1-4,11H,6-8H2. The lowest BCUT2D eigenvalue weighted by atomic mass is 9.97. The maximum atomic E-state index is 9.09. The minimum Gasteiger partial charge on any atom is -0.395 e. The van der Waals surface area contributed by atoms with Crippen molar-refractivity contribution in [1.29, 1.82) is 0 Å². The third kappa shape index (κ3) is 1.05. The van der Waals surface area contributed by atoms with E-state index in [1.807, 2.05) is 24.3 Å². The van der Waals surface area contributed by atoms with Crippen LogP contribution in [0.15, 0.2) is 24.3 Å². The van der Waals surface area contributed by atoms with Crippen molar-refractivity contribution in [3.8, 4) is 0 Å². The quantitative estimate of drug-likeness (QED) is 0.672. The highest BCUT2D eigenvalue weighted by Crippen LogP contribution is 2.47. The van der Waals surface area contributed by atoms with Crippen LogP contribution >= 0.6 is 0 Å². The molecule has 1 heteroatoms. The van der Waals surface area contributed by atoms with Crippen molar-refractivity contribution >= 4 is 0 Å². The van der Waals surface area contributed by atoms with Gasteiger partial charge in [-0.2, -0.15) is 0 Å². The molecule has 1 fully saturated rings. The van der Waals surface area contributed by atoms with Gasteiger partial charge in [-0.1, -0.05) is 24.3 Å². The van der Waals surface area contributed by atoms with Gasteiger partial charge >= 0.3 is 0 Å². The van der Waals surface area contributed by atoms with Gasteiger partial charge in [0.15, 0.2) is 0 Å². The Bertz CT molecular complexity index is 236. The second kappa shape index (κ2) is 2.35. The Morgan fingerprint density at radius 1 is 1.45 bits per heavy atom. The minimum atomic E-state index is 0.0846. The molecule has 1 aromatic carbocycles. The second-order valence-corrected chi connectivity index (χ2v) is 3.21. The maximum Gasteiger partial charge on any atom is 0.0528 e. The van der Waals surface area contributed by atoms with Crippen molar-refractivity contribution in [1.82, 2.24) is 0 Å². The Labute approximate surface area is 66.7 Å². The van der Waals surface area contributed by atoms with E-state index in [0.29, 0.717) is 0 Å². The van der Waals surface area contributed by atoms with E-state index in [1.165, 1.54) is 5.56 Å². The molecule has 0 amide bonds. The summed E-state index contributed by atoms with van der Waals surface area (Å²) in [6, 6.07) is 11.1.